The van der Waals surface area contributed by atoms with E-state index in [2.05, 4.69) is 0 Å². The van der Waals surface area contributed by atoms with Crippen LogP contribution in [0.15, 0.2) is 18.2 Å². The van der Waals surface area contributed by atoms with Crippen molar-refractivity contribution in [3.05, 3.63) is 29.6 Å². The van der Waals surface area contributed by atoms with Crippen LogP contribution in [-0.4, -0.2) is 16.2 Å². The topological polar surface area (TPSA) is 83.6 Å². The van der Waals surface area contributed by atoms with Crippen molar-refractivity contribution in [1.82, 2.24) is 0 Å². The van der Waals surface area contributed by atoms with Gasteiger partial charge in [-0.05, 0) is 18.2 Å². The summed E-state index contributed by atoms with van der Waals surface area (Å²) in [5, 5.41) is 17.7. The zero-order valence-electron chi connectivity index (χ0n) is 7.68. The minimum atomic E-state index is -1.10. The van der Waals surface area contributed by atoms with Crippen LogP contribution >= 0.6 is 12.4 Å². The summed E-state index contributed by atoms with van der Waals surface area (Å²) in [4.78, 5) is 10.3. The minimum Gasteiger partial charge on any atom is -0.508 e. The van der Waals surface area contributed by atoms with Gasteiger partial charge in [-0.15, -0.1) is 12.4 Å². The summed E-state index contributed by atoms with van der Waals surface area (Å²) in [6.45, 7) is 0. The number of benzene rings is 1. The Bertz CT molecular complexity index is 359. The molecule has 84 valence electrons. The molecule has 4 nitrogen and oxygen atoms in total. The van der Waals surface area contributed by atoms with E-state index < -0.39 is 17.8 Å². The highest BCUT2D eigenvalue weighted by Crippen LogP contribution is 2.25. The molecule has 4 N–H and O–H groups in total. The molecule has 0 fully saturated rings. The molecule has 1 aromatic rings. The molecule has 1 unspecified atom stereocenters. The maximum Gasteiger partial charge on any atom is 0.305 e. The molecule has 0 heterocycles. The zero-order chi connectivity index (χ0) is 10.7. The molecule has 0 aliphatic carbocycles. The van der Waals surface area contributed by atoms with Gasteiger partial charge in [-0.1, -0.05) is 0 Å². The zero-order valence-corrected chi connectivity index (χ0v) is 8.50. The highest BCUT2D eigenvalue weighted by atomic mass is 35.5. The average Bonchev–Trinajstić information content (AvgIpc) is 2.08. The number of carboxylic acids is 1. The molecule has 0 bridgehead atoms. The second-order valence-corrected chi connectivity index (χ2v) is 2.91. The average molecular weight is 236 g/mol. The Kier molecular flexibility index (Phi) is 5.04. The summed E-state index contributed by atoms with van der Waals surface area (Å²) < 4.78 is 12.7. The molecule has 0 aliphatic rings. The highest BCUT2D eigenvalue weighted by Gasteiger charge is 2.14. The number of phenols is 1. The number of halogens is 2. The third-order valence-electron chi connectivity index (χ3n) is 1.78. The van der Waals surface area contributed by atoms with Gasteiger partial charge in [0, 0.05) is 11.6 Å². The third-order valence-corrected chi connectivity index (χ3v) is 1.78. The predicted octanol–water partition coefficient (Wildman–Crippen LogP) is 1.43. The summed E-state index contributed by atoms with van der Waals surface area (Å²) in [6, 6.07) is 2.35. The van der Waals surface area contributed by atoms with E-state index in [1.54, 1.807) is 0 Å². The van der Waals surface area contributed by atoms with Crippen molar-refractivity contribution in [2.75, 3.05) is 0 Å². The minimum absolute atomic E-state index is 0. The van der Waals surface area contributed by atoms with E-state index >= 15 is 0 Å². The standard InChI is InChI=1S/C9H10FNO3.ClH/c10-5-1-2-8(12)6(3-5)7(11)4-9(13)14;/h1-3,7,12H,4,11H2,(H,13,14);1H. The summed E-state index contributed by atoms with van der Waals surface area (Å²) in [5.74, 6) is -1.85. The van der Waals surface area contributed by atoms with Gasteiger partial charge in [0.2, 0.25) is 0 Å². The van der Waals surface area contributed by atoms with E-state index in [9.17, 15) is 14.3 Å². The maximum atomic E-state index is 12.7. The lowest BCUT2D eigenvalue weighted by Gasteiger charge is -2.10. The lowest BCUT2D eigenvalue weighted by molar-refractivity contribution is -0.137. The summed E-state index contributed by atoms with van der Waals surface area (Å²) >= 11 is 0. The van der Waals surface area contributed by atoms with Gasteiger partial charge in [0.15, 0.2) is 0 Å². The van der Waals surface area contributed by atoms with Crippen LogP contribution < -0.4 is 5.73 Å². The third kappa shape index (κ3) is 3.73. The number of hydrogen-bond acceptors (Lipinski definition) is 3. The van der Waals surface area contributed by atoms with Crippen LogP contribution in [-0.2, 0) is 4.79 Å². The number of rotatable bonds is 3. The number of hydrogen-bond donors (Lipinski definition) is 3. The second kappa shape index (κ2) is 5.53. The normalized spacial score (nSPS) is 11.6. The summed E-state index contributed by atoms with van der Waals surface area (Å²) in [5.41, 5.74) is 5.56. The molecule has 0 radical (unpaired) electrons. The quantitative estimate of drug-likeness (QED) is 0.740. The van der Waals surface area contributed by atoms with E-state index in [0.29, 0.717) is 0 Å². The van der Waals surface area contributed by atoms with Crippen molar-refractivity contribution >= 4 is 18.4 Å². The lowest BCUT2D eigenvalue weighted by Crippen LogP contribution is -2.15. The Hall–Kier alpha value is -1.33. The Morgan fingerprint density at radius 2 is 2.13 bits per heavy atom. The largest absolute Gasteiger partial charge is 0.508 e. The Labute approximate surface area is 91.9 Å². The van der Waals surface area contributed by atoms with Gasteiger partial charge in [-0.25, -0.2) is 4.39 Å². The molecule has 0 amide bonds. The monoisotopic (exact) mass is 235 g/mol. The van der Waals surface area contributed by atoms with Gasteiger partial charge in [0.1, 0.15) is 11.6 Å². The number of aromatic hydroxyl groups is 1. The summed E-state index contributed by atoms with van der Waals surface area (Å²) in [7, 11) is 0. The lowest BCUT2D eigenvalue weighted by atomic mass is 10.0. The molecule has 0 spiro atoms. The van der Waals surface area contributed by atoms with Crippen molar-refractivity contribution in [2.24, 2.45) is 5.73 Å². The second-order valence-electron chi connectivity index (χ2n) is 2.91. The Balaban J connectivity index is 0.00000196. The first kappa shape index (κ1) is 13.7. The van der Waals surface area contributed by atoms with Gasteiger partial charge < -0.3 is 15.9 Å². The van der Waals surface area contributed by atoms with Crippen LogP contribution in [0.4, 0.5) is 4.39 Å². The predicted molar refractivity (Wildman–Crippen MR) is 54.5 cm³/mol. The van der Waals surface area contributed by atoms with Crippen LogP contribution in [0.25, 0.3) is 0 Å². The van der Waals surface area contributed by atoms with Crippen LogP contribution in [0.3, 0.4) is 0 Å². The number of carboxylic acid groups (broad SMARTS) is 1. The fraction of sp³-hybridized carbons (Fsp3) is 0.222. The van der Waals surface area contributed by atoms with E-state index in [-0.39, 0.29) is 30.1 Å². The molecule has 0 aromatic heterocycles. The molecular weight excluding hydrogens is 225 g/mol. The maximum absolute atomic E-state index is 12.7. The number of nitrogens with two attached hydrogens (primary N) is 1. The fourth-order valence-corrected chi connectivity index (χ4v) is 1.12. The number of carbonyl (C=O) groups is 1. The van der Waals surface area contributed by atoms with Crippen LogP contribution in [0.2, 0.25) is 0 Å². The van der Waals surface area contributed by atoms with E-state index in [4.69, 9.17) is 10.8 Å². The van der Waals surface area contributed by atoms with E-state index in [1.165, 1.54) is 0 Å². The van der Waals surface area contributed by atoms with Gasteiger partial charge in [0.05, 0.1) is 6.42 Å². The van der Waals surface area contributed by atoms with Crippen molar-refractivity contribution in [1.29, 1.82) is 0 Å². The Morgan fingerprint density at radius 1 is 1.53 bits per heavy atom. The molecule has 0 saturated carbocycles. The first-order valence-electron chi connectivity index (χ1n) is 3.96. The first-order valence-corrected chi connectivity index (χ1v) is 3.96. The van der Waals surface area contributed by atoms with Crippen molar-refractivity contribution < 1.29 is 19.4 Å². The van der Waals surface area contributed by atoms with Crippen molar-refractivity contribution in [3.8, 4) is 5.75 Å². The molecule has 6 heteroatoms. The molecule has 1 rings (SSSR count). The van der Waals surface area contributed by atoms with Crippen LogP contribution in [0.1, 0.15) is 18.0 Å². The smallest absolute Gasteiger partial charge is 0.305 e. The van der Waals surface area contributed by atoms with Gasteiger partial charge in [-0.3, -0.25) is 4.79 Å². The molecule has 15 heavy (non-hydrogen) atoms. The first-order chi connectivity index (χ1) is 6.50. The van der Waals surface area contributed by atoms with Gasteiger partial charge in [-0.2, -0.15) is 0 Å². The Morgan fingerprint density at radius 3 is 2.67 bits per heavy atom. The van der Waals surface area contributed by atoms with Gasteiger partial charge in [0.25, 0.3) is 0 Å². The van der Waals surface area contributed by atoms with Gasteiger partial charge >= 0.3 is 5.97 Å². The van der Waals surface area contributed by atoms with E-state index in [1.807, 2.05) is 0 Å². The number of phenolic OH excluding ortho intramolecular Hbond substituents is 1. The number of aliphatic carboxylic acids is 1. The molecular formula is C9H11ClFNO3. The van der Waals surface area contributed by atoms with E-state index in [0.717, 1.165) is 18.2 Å². The highest BCUT2D eigenvalue weighted by molar-refractivity contribution is 5.85. The van der Waals surface area contributed by atoms with Crippen molar-refractivity contribution in [2.45, 2.75) is 12.5 Å². The molecule has 0 saturated heterocycles. The fourth-order valence-electron chi connectivity index (χ4n) is 1.12. The van der Waals surface area contributed by atoms with Crippen LogP contribution in [0, 0.1) is 5.82 Å². The molecule has 1 aromatic carbocycles. The van der Waals surface area contributed by atoms with Crippen molar-refractivity contribution in [3.63, 3.8) is 0 Å². The molecule has 1 atom stereocenters. The SMILES string of the molecule is Cl.NC(CC(=O)O)c1cc(F)ccc1O. The van der Waals surface area contributed by atoms with Crippen LogP contribution in [0.5, 0.6) is 5.75 Å². The summed E-state index contributed by atoms with van der Waals surface area (Å²) in [6.07, 6.45) is -0.350. The molecule has 0 aliphatic heterocycles.